The predicted octanol–water partition coefficient (Wildman–Crippen LogP) is 2.04. The van der Waals surface area contributed by atoms with E-state index >= 15 is 0 Å². The maximum Gasteiger partial charge on any atom is 0.156 e. The first-order chi connectivity index (χ1) is 5.64. The quantitative estimate of drug-likeness (QED) is 0.689. The van der Waals surface area contributed by atoms with Gasteiger partial charge in [0.1, 0.15) is 11.9 Å². The molecule has 0 saturated heterocycles. The van der Waals surface area contributed by atoms with Crippen molar-refractivity contribution in [2.24, 2.45) is 0 Å². The molecule has 0 fully saturated rings. The van der Waals surface area contributed by atoms with Gasteiger partial charge < -0.3 is 4.74 Å². The summed E-state index contributed by atoms with van der Waals surface area (Å²) in [5.74, 6) is 0.726. The monoisotopic (exact) mass is 166 g/mol. The largest absolute Gasteiger partial charge is 0.485 e. The Balaban J connectivity index is 2.64. The van der Waals surface area contributed by atoms with Crippen LogP contribution in [0.5, 0.6) is 5.75 Å². The predicted molar refractivity (Wildman–Crippen MR) is 47.0 cm³/mol. The van der Waals surface area contributed by atoms with Crippen LogP contribution in [0.15, 0.2) is 18.7 Å². The van der Waals surface area contributed by atoms with Crippen LogP contribution in [0.2, 0.25) is 0 Å². The molecule has 1 heterocycles. The molecule has 66 valence electrons. The summed E-state index contributed by atoms with van der Waals surface area (Å²) in [5.41, 5.74) is -0.134. The van der Waals surface area contributed by atoms with Crippen LogP contribution in [0.1, 0.15) is 27.2 Å². The number of rotatable bonds is 3. The average molecular weight is 166 g/mol. The fourth-order valence-corrected chi connectivity index (χ4v) is 0.729. The number of hydrogen-bond donors (Lipinski definition) is 0. The summed E-state index contributed by atoms with van der Waals surface area (Å²) in [7, 11) is 0. The van der Waals surface area contributed by atoms with Gasteiger partial charge >= 0.3 is 0 Å². The SMILES string of the molecule is CCC(C)(C)Oc1cncnc1. The van der Waals surface area contributed by atoms with Crippen molar-refractivity contribution in [1.29, 1.82) is 0 Å². The van der Waals surface area contributed by atoms with Crippen LogP contribution in [-0.4, -0.2) is 15.6 Å². The van der Waals surface area contributed by atoms with Gasteiger partial charge in [0.05, 0.1) is 12.4 Å². The lowest BCUT2D eigenvalue weighted by Crippen LogP contribution is -2.26. The highest BCUT2D eigenvalue weighted by Gasteiger charge is 2.16. The van der Waals surface area contributed by atoms with E-state index in [1.165, 1.54) is 6.33 Å². The Morgan fingerprint density at radius 3 is 2.42 bits per heavy atom. The minimum atomic E-state index is -0.134. The summed E-state index contributed by atoms with van der Waals surface area (Å²) in [6.45, 7) is 6.17. The first kappa shape index (κ1) is 8.97. The molecule has 1 aromatic rings. The fraction of sp³-hybridized carbons (Fsp3) is 0.556. The van der Waals surface area contributed by atoms with E-state index in [2.05, 4.69) is 16.9 Å². The van der Waals surface area contributed by atoms with Gasteiger partial charge in [0.2, 0.25) is 0 Å². The van der Waals surface area contributed by atoms with E-state index in [-0.39, 0.29) is 5.60 Å². The Bertz CT molecular complexity index is 234. The topological polar surface area (TPSA) is 35.0 Å². The van der Waals surface area contributed by atoms with Crippen LogP contribution < -0.4 is 4.74 Å². The van der Waals surface area contributed by atoms with E-state index in [1.54, 1.807) is 12.4 Å². The molecule has 3 heteroatoms. The normalized spacial score (nSPS) is 11.2. The molecule has 0 aliphatic rings. The van der Waals surface area contributed by atoms with Crippen LogP contribution in [0.25, 0.3) is 0 Å². The van der Waals surface area contributed by atoms with Crippen molar-refractivity contribution in [3.05, 3.63) is 18.7 Å². The summed E-state index contributed by atoms with van der Waals surface area (Å²) in [6, 6.07) is 0. The molecule has 0 unspecified atom stereocenters. The van der Waals surface area contributed by atoms with Gasteiger partial charge in [-0.1, -0.05) is 6.92 Å². The molecular weight excluding hydrogens is 152 g/mol. The molecule has 0 aliphatic heterocycles. The van der Waals surface area contributed by atoms with Gasteiger partial charge in [-0.25, -0.2) is 9.97 Å². The molecule has 0 bridgehead atoms. The Morgan fingerprint density at radius 2 is 1.92 bits per heavy atom. The highest BCUT2D eigenvalue weighted by atomic mass is 16.5. The van der Waals surface area contributed by atoms with Gasteiger partial charge in [-0.05, 0) is 20.3 Å². The summed E-state index contributed by atoms with van der Waals surface area (Å²) in [5, 5.41) is 0. The van der Waals surface area contributed by atoms with Crippen LogP contribution in [0, 0.1) is 0 Å². The van der Waals surface area contributed by atoms with E-state index in [9.17, 15) is 0 Å². The molecule has 3 nitrogen and oxygen atoms in total. The van der Waals surface area contributed by atoms with Crippen molar-refractivity contribution >= 4 is 0 Å². The van der Waals surface area contributed by atoms with E-state index in [4.69, 9.17) is 4.74 Å². The molecule has 0 aliphatic carbocycles. The van der Waals surface area contributed by atoms with Gasteiger partial charge in [0, 0.05) is 0 Å². The second-order valence-corrected chi connectivity index (χ2v) is 3.29. The molecule has 0 radical (unpaired) electrons. The summed E-state index contributed by atoms with van der Waals surface area (Å²) >= 11 is 0. The lowest BCUT2D eigenvalue weighted by molar-refractivity contribution is 0.104. The highest BCUT2D eigenvalue weighted by Crippen LogP contribution is 2.18. The molecule has 1 rings (SSSR count). The molecule has 0 spiro atoms. The third-order valence-corrected chi connectivity index (χ3v) is 1.78. The Kier molecular flexibility index (Phi) is 2.63. The maximum atomic E-state index is 5.63. The molecule has 12 heavy (non-hydrogen) atoms. The summed E-state index contributed by atoms with van der Waals surface area (Å²) < 4.78 is 5.63. The molecular formula is C9H14N2O. The van der Waals surface area contributed by atoms with E-state index in [0.29, 0.717) is 0 Å². The van der Waals surface area contributed by atoms with E-state index < -0.39 is 0 Å². The third-order valence-electron chi connectivity index (χ3n) is 1.78. The summed E-state index contributed by atoms with van der Waals surface area (Å²) in [4.78, 5) is 7.73. The Morgan fingerprint density at radius 1 is 1.33 bits per heavy atom. The van der Waals surface area contributed by atoms with Crippen molar-refractivity contribution in [2.45, 2.75) is 32.8 Å². The number of hydrogen-bond acceptors (Lipinski definition) is 3. The second-order valence-electron chi connectivity index (χ2n) is 3.29. The van der Waals surface area contributed by atoms with Crippen LogP contribution >= 0.6 is 0 Å². The molecule has 0 amide bonds. The summed E-state index contributed by atoms with van der Waals surface area (Å²) in [6.07, 6.45) is 5.79. The van der Waals surface area contributed by atoms with E-state index in [1.807, 2.05) is 13.8 Å². The molecule has 0 atom stereocenters. The average Bonchev–Trinajstić information content (AvgIpc) is 2.06. The molecule has 1 aromatic heterocycles. The zero-order valence-electron chi connectivity index (χ0n) is 7.74. The van der Waals surface area contributed by atoms with Gasteiger partial charge in [0.15, 0.2) is 5.75 Å². The zero-order valence-corrected chi connectivity index (χ0v) is 7.74. The van der Waals surface area contributed by atoms with Crippen molar-refractivity contribution in [1.82, 2.24) is 9.97 Å². The third kappa shape index (κ3) is 2.49. The van der Waals surface area contributed by atoms with Crippen molar-refractivity contribution in [3.63, 3.8) is 0 Å². The van der Waals surface area contributed by atoms with E-state index in [0.717, 1.165) is 12.2 Å². The van der Waals surface area contributed by atoms with Crippen molar-refractivity contribution < 1.29 is 4.74 Å². The molecule has 0 N–H and O–H groups in total. The lowest BCUT2D eigenvalue weighted by atomic mass is 10.1. The van der Waals surface area contributed by atoms with Gasteiger partial charge in [-0.3, -0.25) is 0 Å². The number of ether oxygens (including phenoxy) is 1. The Hall–Kier alpha value is -1.12. The lowest BCUT2D eigenvalue weighted by Gasteiger charge is -2.24. The van der Waals surface area contributed by atoms with Gasteiger partial charge in [0.25, 0.3) is 0 Å². The van der Waals surface area contributed by atoms with Crippen LogP contribution in [0.4, 0.5) is 0 Å². The van der Waals surface area contributed by atoms with Crippen molar-refractivity contribution in [2.75, 3.05) is 0 Å². The molecule has 0 saturated carbocycles. The zero-order chi connectivity index (χ0) is 9.03. The molecule has 0 aromatic carbocycles. The minimum absolute atomic E-state index is 0.134. The second kappa shape index (κ2) is 3.52. The smallest absolute Gasteiger partial charge is 0.156 e. The first-order valence-electron chi connectivity index (χ1n) is 4.08. The number of aromatic nitrogens is 2. The number of nitrogens with zero attached hydrogens (tertiary/aromatic N) is 2. The van der Waals surface area contributed by atoms with Gasteiger partial charge in [-0.2, -0.15) is 0 Å². The standard InChI is InChI=1S/C9H14N2O/c1-4-9(2,3)12-8-5-10-7-11-6-8/h5-7H,4H2,1-3H3. The fourth-order valence-electron chi connectivity index (χ4n) is 0.729. The highest BCUT2D eigenvalue weighted by molar-refractivity contribution is 5.11. The van der Waals surface area contributed by atoms with Gasteiger partial charge in [-0.15, -0.1) is 0 Å². The minimum Gasteiger partial charge on any atom is -0.485 e. The van der Waals surface area contributed by atoms with Crippen LogP contribution in [0.3, 0.4) is 0 Å². The maximum absolute atomic E-state index is 5.63. The van der Waals surface area contributed by atoms with Crippen LogP contribution in [-0.2, 0) is 0 Å². The Labute approximate surface area is 72.8 Å². The first-order valence-corrected chi connectivity index (χ1v) is 4.08. The van der Waals surface area contributed by atoms with Crippen molar-refractivity contribution in [3.8, 4) is 5.75 Å².